The number of aryl methyl sites for hydroxylation is 4. The number of hydrogen-bond donors (Lipinski definition) is 5. The molecule has 4 saturated heterocycles. The highest BCUT2D eigenvalue weighted by atomic mass is 32.1. The molecule has 116 heavy (non-hydrogen) atoms. The number of aromatic nitrogens is 14. The first-order valence-electron chi connectivity index (χ1n) is 37.6. The number of nitriles is 1. The Morgan fingerprint density at radius 3 is 1.42 bits per heavy atom. The van der Waals surface area contributed by atoms with Gasteiger partial charge < -0.3 is 79.6 Å². The van der Waals surface area contributed by atoms with Crippen LogP contribution in [-0.2, 0) is 13.0 Å². The van der Waals surface area contributed by atoms with Crippen LogP contribution in [0.15, 0.2) is 156 Å². The van der Waals surface area contributed by atoms with Crippen molar-refractivity contribution in [3.05, 3.63) is 198 Å². The Kier molecular flexibility index (Phi) is 33.2. The Morgan fingerprint density at radius 2 is 1.00 bits per heavy atom. The molecule has 16 rings (SSSR count). The summed E-state index contributed by atoms with van der Waals surface area (Å²) in [6, 6.07) is 33.6. The topological polar surface area (TPSA) is 381 Å². The van der Waals surface area contributed by atoms with Gasteiger partial charge in [0.25, 0.3) is 0 Å². The lowest BCUT2D eigenvalue weighted by Gasteiger charge is -2.39. The van der Waals surface area contributed by atoms with Gasteiger partial charge in [-0.15, -0.1) is 0 Å². The van der Waals surface area contributed by atoms with E-state index < -0.39 is 11.9 Å². The van der Waals surface area contributed by atoms with Crippen LogP contribution in [0, 0.1) is 38.1 Å². The number of fused-ring (bicyclic) bond motifs is 2. The highest BCUT2D eigenvalue weighted by molar-refractivity contribution is 7.59. The van der Waals surface area contributed by atoms with E-state index in [1.807, 2.05) is 84.3 Å². The Labute approximate surface area is 696 Å². The zero-order chi connectivity index (χ0) is 80.4. The summed E-state index contributed by atoms with van der Waals surface area (Å²) in [5, 5.41) is 20.9. The fraction of sp³-hybridized carbons (Fsp3) is 0.370. The van der Waals surface area contributed by atoms with Crippen molar-refractivity contribution in [2.75, 3.05) is 133 Å². The number of anilines is 5. The number of oxazole rings is 2. The predicted molar refractivity (Wildman–Crippen MR) is 465 cm³/mol. The number of nitrogens with zero attached hydrogens (tertiary/aromatic N) is 22. The maximum absolute atomic E-state index is 13.4. The second-order valence-electron chi connectivity index (χ2n) is 28.6. The lowest BCUT2D eigenvalue weighted by molar-refractivity contribution is 0.0691. The molecule has 0 unspecified atom stereocenters. The Balaban J connectivity index is 0.000000189. The van der Waals surface area contributed by atoms with Crippen LogP contribution in [0.3, 0.4) is 0 Å². The van der Waals surface area contributed by atoms with E-state index in [4.69, 9.17) is 41.3 Å². The summed E-state index contributed by atoms with van der Waals surface area (Å²) < 4.78 is 26.7. The first kappa shape index (κ1) is 90.5. The molecular weight excluding hydrogens is 1530 g/mol. The molecule has 0 spiro atoms. The summed E-state index contributed by atoms with van der Waals surface area (Å²) in [5.41, 5.74) is 26.7. The summed E-state index contributed by atoms with van der Waals surface area (Å²) in [6.07, 6.45) is 13.8. The van der Waals surface area contributed by atoms with Crippen molar-refractivity contribution in [1.29, 1.82) is 5.26 Å². The highest BCUT2D eigenvalue weighted by Crippen LogP contribution is 2.33. The van der Waals surface area contributed by atoms with Gasteiger partial charge in [-0.1, -0.05) is 24.3 Å². The number of pyridine rings is 6. The number of aromatic carboxylic acids is 1. The molecule has 0 radical (unpaired) electrons. The molecule has 12 aromatic rings. The third-order valence-electron chi connectivity index (χ3n) is 19.6. The van der Waals surface area contributed by atoms with E-state index in [0.717, 1.165) is 128 Å². The van der Waals surface area contributed by atoms with Gasteiger partial charge in [0.05, 0.1) is 18.1 Å². The molecule has 31 nitrogen and oxygen atoms in total. The zero-order valence-electron chi connectivity index (χ0n) is 67.3. The van der Waals surface area contributed by atoms with Crippen molar-refractivity contribution in [2.24, 2.45) is 5.73 Å². The number of likely N-dealkylation sites (N-methyl/N-ethyl adjacent to an activating group) is 4. The van der Waals surface area contributed by atoms with Crippen molar-refractivity contribution in [3.8, 4) is 51.8 Å². The summed E-state index contributed by atoms with van der Waals surface area (Å²) in [7, 11) is 8.64. The van der Waals surface area contributed by atoms with Gasteiger partial charge >= 0.3 is 5.97 Å². The number of ketones is 1. The number of piperazine rings is 4. The standard InChI is InChI=1S/C29H31N9O2.C16H12N6O3.C12H20N4.C12H19N3.C6H3FN2.C6H14N2.3H2S/c1-18-15-32-23-10-7-20(17-38(18)23)25-27(29-31-11-14-40-29)35-28(30)26(34-25)22(39)9-8-21-5-4-6-24(33-21)37-13-12-36(3)16-19(37)2;1-8-6-19-10-3-2-9(7-22(8)10)11-12(15-18-4-5-25-15)21-14(17)13(20-11)16(23)24;1-10-9-15(2)6-7-16(10)12-5-3-4-11(8-13)14-12;1-10-5-4-6-12(13-10)15-8-7-14(3)9-11(15)2;7-6-3-1-2-5(4-8)9-6;1-6-5-8(2)4-3-7-6;;;/h4-7,10-11,14-15,17,19H,8-9,12-13,16H2,1-3H3,(H2,30,35);2-7H,1H3,(H2,17,21)(H,23,24);3-5,10H,6-9,13H2,1-2H3;4-6,11H,7-9H2,1-3H3;1-3H;6-7H,3-5H2,1-2H3;3*1H2/t19-;;10-;11-;;6-;;;/m0.00.0.../s1. The molecule has 0 saturated carbocycles. The number of halogens is 1. The Morgan fingerprint density at radius 1 is 0.543 bits per heavy atom. The van der Waals surface area contributed by atoms with Gasteiger partial charge in [0.2, 0.25) is 17.7 Å². The van der Waals surface area contributed by atoms with Crippen LogP contribution in [0.1, 0.15) is 89.3 Å². The van der Waals surface area contributed by atoms with Gasteiger partial charge in [-0.3, -0.25) is 4.79 Å². The van der Waals surface area contributed by atoms with Crippen molar-refractivity contribution in [3.63, 3.8) is 0 Å². The lowest BCUT2D eigenvalue weighted by atomic mass is 10.1. The van der Waals surface area contributed by atoms with Gasteiger partial charge in [0, 0.05) is 174 Å². The Bertz CT molecular complexity index is 5220. The minimum absolute atomic E-state index is 0. The predicted octanol–water partition coefficient (Wildman–Crippen LogP) is 9.27. The number of carboxylic acids is 1. The third kappa shape index (κ3) is 23.6. The van der Waals surface area contributed by atoms with Crippen molar-refractivity contribution in [2.45, 2.75) is 92.0 Å². The number of nitrogen functional groups attached to an aromatic ring is 2. The summed E-state index contributed by atoms with van der Waals surface area (Å²) >= 11 is 0. The smallest absolute Gasteiger partial charge is 0.358 e. The van der Waals surface area contributed by atoms with Crippen LogP contribution in [0.4, 0.5) is 33.5 Å². The molecule has 12 aromatic heterocycles. The summed E-state index contributed by atoms with van der Waals surface area (Å²) in [4.78, 5) is 93.2. The third-order valence-corrected chi connectivity index (χ3v) is 19.6. The average Bonchev–Trinajstić information content (AvgIpc) is 1.70. The largest absolute Gasteiger partial charge is 0.476 e. The van der Waals surface area contributed by atoms with Crippen molar-refractivity contribution < 1.29 is 27.9 Å². The minimum atomic E-state index is -1.26. The van der Waals surface area contributed by atoms with Crippen LogP contribution < -0.4 is 37.2 Å². The SMILES string of the molecule is C[C@H]1CN(C)CCN1.C[C@H]1CN(C)CCN1c1cccc(CN)n1.Cc1cccc(N2CCN(C)C[C@@H]2C)n1.Cc1cnc2ccc(-c3nc(C(=O)CCc4cccc(N5CCN(C)C[C@@H]5C)n4)c(N)nc3-c3ncco3)cn12.Cc1cnc2ccc(-c3nc(C(=O)O)c(N)nc3-c3ncco3)cn12.N#Cc1cccc(F)n1.S.S.S. The number of imidazole rings is 2. The van der Waals surface area contributed by atoms with Crippen molar-refractivity contribution >= 4 is 92.6 Å². The molecule has 614 valence electrons. The van der Waals surface area contributed by atoms with E-state index in [-0.39, 0.29) is 98.9 Å². The van der Waals surface area contributed by atoms with Gasteiger partial charge in [-0.25, -0.2) is 64.6 Å². The molecule has 16 heterocycles. The van der Waals surface area contributed by atoms with Crippen LogP contribution in [0.5, 0.6) is 0 Å². The lowest BCUT2D eigenvalue weighted by Crippen LogP contribution is -2.50. The number of carbonyl (C=O) groups is 2. The van der Waals surface area contributed by atoms with E-state index in [1.165, 1.54) is 56.2 Å². The molecule has 4 aliphatic rings. The van der Waals surface area contributed by atoms with E-state index in [2.05, 4.69) is 164 Å². The molecule has 0 aliphatic carbocycles. The molecule has 8 N–H and O–H groups in total. The fourth-order valence-corrected chi connectivity index (χ4v) is 13.7. The first-order chi connectivity index (χ1) is 54.4. The second kappa shape index (κ2) is 42.5. The van der Waals surface area contributed by atoms with E-state index in [0.29, 0.717) is 59.8 Å². The molecule has 0 aromatic carbocycles. The number of carbonyl (C=O) groups excluding carboxylic acids is 1. The van der Waals surface area contributed by atoms with E-state index >= 15 is 0 Å². The number of nitrogens with two attached hydrogens (primary N) is 3. The van der Waals surface area contributed by atoms with Crippen molar-refractivity contribution in [1.82, 2.24) is 93.5 Å². The normalized spacial score (nSPS) is 16.9. The molecular formula is C81H105FN26O5S3. The van der Waals surface area contributed by atoms with Gasteiger partial charge in [-0.2, -0.15) is 50.1 Å². The monoisotopic (exact) mass is 1640 g/mol. The number of carboxylic acid groups (broad SMARTS) is 1. The minimum Gasteiger partial charge on any atom is -0.476 e. The number of nitrogens with one attached hydrogen (secondary N) is 1. The molecule has 4 aliphatic heterocycles. The zero-order valence-corrected chi connectivity index (χ0v) is 70.3. The van der Waals surface area contributed by atoms with E-state index in [9.17, 15) is 19.1 Å². The fourth-order valence-electron chi connectivity index (χ4n) is 13.7. The van der Waals surface area contributed by atoms with Crippen LogP contribution in [0.25, 0.3) is 57.0 Å². The Hall–Kier alpha value is -11.1. The molecule has 4 atom stereocenters. The van der Waals surface area contributed by atoms with Gasteiger partial charge in [0.15, 0.2) is 34.5 Å². The maximum Gasteiger partial charge on any atom is 0.358 e. The van der Waals surface area contributed by atoms with Crippen LogP contribution in [-0.4, -0.2) is 236 Å². The number of hydrogen-bond acceptors (Lipinski definition) is 28. The van der Waals surface area contributed by atoms with Crippen LogP contribution in [0.2, 0.25) is 0 Å². The molecule has 35 heteroatoms. The van der Waals surface area contributed by atoms with E-state index in [1.54, 1.807) is 36.8 Å². The molecule has 4 fully saturated rings. The first-order valence-corrected chi connectivity index (χ1v) is 37.6. The van der Waals surface area contributed by atoms with Gasteiger partial charge in [0.1, 0.15) is 70.1 Å². The second-order valence-corrected chi connectivity index (χ2v) is 28.6. The summed E-state index contributed by atoms with van der Waals surface area (Å²) in [5.74, 6) is 1.35. The highest BCUT2D eigenvalue weighted by Gasteiger charge is 2.28. The number of Topliss-reactive ketones (excluding diaryl/α,β-unsaturated/α-hetero) is 1. The van der Waals surface area contributed by atoms with Crippen LogP contribution >= 0.6 is 40.5 Å². The van der Waals surface area contributed by atoms with Gasteiger partial charge in [-0.05, 0) is 156 Å². The summed E-state index contributed by atoms with van der Waals surface area (Å²) in [6.45, 7) is 28.4. The number of rotatable bonds is 13. The maximum atomic E-state index is 13.4. The molecule has 0 bridgehead atoms. The molecule has 0 amide bonds. The quantitative estimate of drug-likeness (QED) is 0.0530. The average molecular weight is 1640 g/mol.